The van der Waals surface area contributed by atoms with Gasteiger partial charge in [-0.1, -0.05) is 29.8 Å². The quantitative estimate of drug-likeness (QED) is 0.600. The van der Waals surface area contributed by atoms with Crippen molar-refractivity contribution in [2.24, 2.45) is 0 Å². The lowest BCUT2D eigenvalue weighted by Crippen LogP contribution is -2.13. The summed E-state index contributed by atoms with van der Waals surface area (Å²) in [6.07, 6.45) is 3.00. The van der Waals surface area contributed by atoms with E-state index in [0.717, 1.165) is 5.56 Å². The van der Waals surface area contributed by atoms with E-state index in [1.54, 1.807) is 43.3 Å². The fourth-order valence-electron chi connectivity index (χ4n) is 1.26. The Labute approximate surface area is 96.9 Å². The summed E-state index contributed by atoms with van der Waals surface area (Å²) in [4.78, 5) is 0.189. The van der Waals surface area contributed by atoms with Crippen molar-refractivity contribution in [2.45, 2.75) is 31.8 Å². The van der Waals surface area contributed by atoms with Gasteiger partial charge in [-0.15, -0.1) is 0 Å². The maximum Gasteiger partial charge on any atom is 0.297 e. The number of hydrogen-bond donors (Lipinski definition) is 0. The standard InChI is InChI=1S/C12H16O3S/c1-4-5-11(3)15-16(13,14)12-8-6-10(2)7-9-12/h4-9,11H,1-3H3. The molecule has 0 aliphatic carbocycles. The number of benzene rings is 1. The predicted octanol–water partition coefficient (Wildman–Crippen LogP) is 2.66. The Kier molecular flexibility index (Phi) is 4.26. The van der Waals surface area contributed by atoms with Crippen LogP contribution in [0.1, 0.15) is 19.4 Å². The van der Waals surface area contributed by atoms with E-state index in [0.29, 0.717) is 0 Å². The van der Waals surface area contributed by atoms with Gasteiger partial charge in [0, 0.05) is 0 Å². The second kappa shape index (κ2) is 5.27. The molecule has 1 aromatic carbocycles. The van der Waals surface area contributed by atoms with Crippen molar-refractivity contribution >= 4 is 10.1 Å². The number of hydrogen-bond acceptors (Lipinski definition) is 3. The molecule has 0 saturated heterocycles. The molecular formula is C12H16O3S. The first kappa shape index (κ1) is 12.9. The van der Waals surface area contributed by atoms with Gasteiger partial charge in [0.05, 0.1) is 11.0 Å². The Morgan fingerprint density at radius 2 is 1.81 bits per heavy atom. The molecular weight excluding hydrogens is 224 g/mol. The highest BCUT2D eigenvalue weighted by atomic mass is 32.2. The van der Waals surface area contributed by atoms with E-state index in [-0.39, 0.29) is 4.90 Å². The molecule has 0 fully saturated rings. The first-order chi connectivity index (χ1) is 7.45. The van der Waals surface area contributed by atoms with Crippen molar-refractivity contribution in [3.05, 3.63) is 42.0 Å². The molecule has 16 heavy (non-hydrogen) atoms. The van der Waals surface area contributed by atoms with Crippen molar-refractivity contribution in [3.63, 3.8) is 0 Å². The van der Waals surface area contributed by atoms with Crippen LogP contribution in [0.5, 0.6) is 0 Å². The van der Waals surface area contributed by atoms with Crippen molar-refractivity contribution in [3.8, 4) is 0 Å². The van der Waals surface area contributed by atoms with Crippen LogP contribution >= 0.6 is 0 Å². The van der Waals surface area contributed by atoms with Gasteiger partial charge in [-0.05, 0) is 32.9 Å². The normalized spacial score (nSPS) is 14.2. The van der Waals surface area contributed by atoms with Crippen LogP contribution in [0, 0.1) is 6.92 Å². The summed E-state index contributed by atoms with van der Waals surface area (Å²) in [6.45, 7) is 5.41. The molecule has 1 aromatic rings. The molecule has 0 aliphatic heterocycles. The molecule has 0 aliphatic rings. The van der Waals surface area contributed by atoms with Crippen molar-refractivity contribution < 1.29 is 12.6 Å². The Morgan fingerprint density at radius 1 is 1.25 bits per heavy atom. The van der Waals surface area contributed by atoms with E-state index < -0.39 is 16.2 Å². The van der Waals surface area contributed by atoms with Crippen LogP contribution in [-0.2, 0) is 14.3 Å². The van der Waals surface area contributed by atoms with Crippen LogP contribution < -0.4 is 0 Å². The summed E-state index contributed by atoms with van der Waals surface area (Å²) in [5.41, 5.74) is 1.01. The van der Waals surface area contributed by atoms with Crippen molar-refractivity contribution in [2.75, 3.05) is 0 Å². The molecule has 0 radical (unpaired) electrons. The number of allylic oxidation sites excluding steroid dienone is 1. The van der Waals surface area contributed by atoms with Gasteiger partial charge in [-0.3, -0.25) is 4.18 Å². The zero-order valence-electron chi connectivity index (χ0n) is 9.67. The molecule has 4 heteroatoms. The molecule has 0 aromatic heterocycles. The van der Waals surface area contributed by atoms with E-state index in [4.69, 9.17) is 4.18 Å². The summed E-state index contributed by atoms with van der Waals surface area (Å²) in [5.74, 6) is 0. The highest BCUT2D eigenvalue weighted by molar-refractivity contribution is 7.86. The molecule has 0 N–H and O–H groups in total. The zero-order valence-corrected chi connectivity index (χ0v) is 10.5. The highest BCUT2D eigenvalue weighted by Gasteiger charge is 2.17. The smallest absolute Gasteiger partial charge is 0.259 e. The average molecular weight is 240 g/mol. The summed E-state index contributed by atoms with van der Waals surface area (Å²) in [7, 11) is -3.65. The lowest BCUT2D eigenvalue weighted by molar-refractivity contribution is 0.274. The summed E-state index contributed by atoms with van der Waals surface area (Å²) in [5, 5.41) is 0. The molecule has 1 atom stereocenters. The maximum absolute atomic E-state index is 11.8. The third-order valence-electron chi connectivity index (χ3n) is 2.05. The Hall–Kier alpha value is -1.13. The van der Waals surface area contributed by atoms with Gasteiger partial charge in [-0.2, -0.15) is 8.42 Å². The lowest BCUT2D eigenvalue weighted by Gasteiger charge is -2.09. The monoisotopic (exact) mass is 240 g/mol. The Morgan fingerprint density at radius 3 is 2.31 bits per heavy atom. The van der Waals surface area contributed by atoms with Crippen LogP contribution in [0.4, 0.5) is 0 Å². The van der Waals surface area contributed by atoms with Gasteiger partial charge in [0.25, 0.3) is 10.1 Å². The van der Waals surface area contributed by atoms with Gasteiger partial charge >= 0.3 is 0 Å². The fourth-order valence-corrected chi connectivity index (χ4v) is 2.31. The summed E-state index contributed by atoms with van der Waals surface area (Å²) >= 11 is 0. The van der Waals surface area contributed by atoms with Crippen molar-refractivity contribution in [1.82, 2.24) is 0 Å². The Bertz CT molecular complexity index is 458. The third-order valence-corrected chi connectivity index (χ3v) is 3.46. The largest absolute Gasteiger partial charge is 0.297 e. The molecule has 0 spiro atoms. The van der Waals surface area contributed by atoms with Gasteiger partial charge in [0.2, 0.25) is 0 Å². The fraction of sp³-hybridized carbons (Fsp3) is 0.333. The molecule has 88 valence electrons. The van der Waals surface area contributed by atoms with Crippen LogP contribution in [0.25, 0.3) is 0 Å². The van der Waals surface area contributed by atoms with Crippen LogP contribution in [0.2, 0.25) is 0 Å². The SMILES string of the molecule is CC=CC(C)OS(=O)(=O)c1ccc(C)cc1. The van der Waals surface area contributed by atoms with Gasteiger partial charge in [0.1, 0.15) is 0 Å². The van der Waals surface area contributed by atoms with E-state index in [1.807, 2.05) is 13.8 Å². The molecule has 3 nitrogen and oxygen atoms in total. The molecule has 0 heterocycles. The minimum absolute atomic E-state index is 0.189. The third kappa shape index (κ3) is 3.47. The van der Waals surface area contributed by atoms with E-state index in [9.17, 15) is 8.42 Å². The zero-order chi connectivity index (χ0) is 12.2. The second-order valence-electron chi connectivity index (χ2n) is 3.59. The van der Waals surface area contributed by atoms with Crippen molar-refractivity contribution in [1.29, 1.82) is 0 Å². The number of rotatable bonds is 4. The van der Waals surface area contributed by atoms with Gasteiger partial charge in [-0.25, -0.2) is 0 Å². The average Bonchev–Trinajstić information content (AvgIpc) is 2.17. The minimum atomic E-state index is -3.65. The topological polar surface area (TPSA) is 43.4 Å². The molecule has 1 rings (SSSR count). The Balaban J connectivity index is 2.90. The highest BCUT2D eigenvalue weighted by Crippen LogP contribution is 2.15. The van der Waals surface area contributed by atoms with Crippen LogP contribution in [0.15, 0.2) is 41.3 Å². The van der Waals surface area contributed by atoms with E-state index in [1.165, 1.54) is 0 Å². The number of aryl methyl sites for hydroxylation is 1. The lowest BCUT2D eigenvalue weighted by atomic mass is 10.2. The molecule has 0 amide bonds. The van der Waals surface area contributed by atoms with Crippen LogP contribution in [-0.4, -0.2) is 14.5 Å². The predicted molar refractivity (Wildman–Crippen MR) is 63.7 cm³/mol. The van der Waals surface area contributed by atoms with Gasteiger partial charge < -0.3 is 0 Å². The second-order valence-corrected chi connectivity index (χ2v) is 5.17. The van der Waals surface area contributed by atoms with E-state index in [2.05, 4.69) is 0 Å². The van der Waals surface area contributed by atoms with Gasteiger partial charge in [0.15, 0.2) is 0 Å². The van der Waals surface area contributed by atoms with Crippen LogP contribution in [0.3, 0.4) is 0 Å². The minimum Gasteiger partial charge on any atom is -0.259 e. The molecule has 1 unspecified atom stereocenters. The van der Waals surface area contributed by atoms with E-state index >= 15 is 0 Å². The first-order valence-corrected chi connectivity index (χ1v) is 6.49. The maximum atomic E-state index is 11.8. The molecule has 0 saturated carbocycles. The summed E-state index contributed by atoms with van der Waals surface area (Å²) in [6, 6.07) is 6.59. The summed E-state index contributed by atoms with van der Waals surface area (Å²) < 4.78 is 28.5. The first-order valence-electron chi connectivity index (χ1n) is 5.08. The molecule has 0 bridgehead atoms.